The van der Waals surface area contributed by atoms with Gasteiger partial charge in [0.25, 0.3) is 0 Å². The molecule has 0 unspecified atom stereocenters. The van der Waals surface area contributed by atoms with Crippen LogP contribution >= 0.6 is 0 Å². The van der Waals surface area contributed by atoms with E-state index in [1.54, 1.807) is 0 Å². The summed E-state index contributed by atoms with van der Waals surface area (Å²) in [6.45, 7) is 0.518. The maximum Gasteiger partial charge on any atom is 0.352 e. The molecule has 1 aromatic rings. The molecular formula is C20H25N3O3. The number of amides is 1. The molecule has 0 radical (unpaired) electrons. The number of piperidine rings is 1. The van der Waals surface area contributed by atoms with Crippen molar-refractivity contribution in [1.29, 1.82) is 0 Å². The number of hydrazone groups is 1. The lowest BCUT2D eigenvalue weighted by molar-refractivity contribution is -0.129. The Morgan fingerprint density at radius 1 is 1.19 bits per heavy atom. The van der Waals surface area contributed by atoms with E-state index in [2.05, 4.69) is 10.4 Å². The predicted octanol–water partition coefficient (Wildman–Crippen LogP) is 2.54. The molecule has 2 aliphatic heterocycles. The number of benzene rings is 1. The monoisotopic (exact) mass is 355 g/mol. The van der Waals surface area contributed by atoms with Gasteiger partial charge in [0.05, 0.1) is 11.6 Å². The minimum absolute atomic E-state index is 0.00280. The summed E-state index contributed by atoms with van der Waals surface area (Å²) < 4.78 is 0. The second-order valence-corrected chi connectivity index (χ2v) is 7.70. The number of carbonyl (C=O) groups is 2. The Morgan fingerprint density at radius 3 is 2.65 bits per heavy atom. The molecule has 4 rings (SSSR count). The highest BCUT2D eigenvalue weighted by molar-refractivity contribution is 6.37. The van der Waals surface area contributed by atoms with E-state index in [4.69, 9.17) is 0 Å². The molecule has 1 spiro atoms. The van der Waals surface area contributed by atoms with Crippen molar-refractivity contribution < 1.29 is 14.7 Å². The normalized spacial score (nSPS) is 29.7. The first-order chi connectivity index (χ1) is 12.6. The first-order valence-corrected chi connectivity index (χ1v) is 9.52. The van der Waals surface area contributed by atoms with Crippen molar-refractivity contribution >= 4 is 17.6 Å². The number of carboxylic acids is 1. The summed E-state index contributed by atoms with van der Waals surface area (Å²) in [7, 11) is 0. The van der Waals surface area contributed by atoms with E-state index in [-0.39, 0.29) is 23.4 Å². The topological polar surface area (TPSA) is 82.0 Å². The lowest BCUT2D eigenvalue weighted by Crippen LogP contribution is -2.54. The van der Waals surface area contributed by atoms with Crippen molar-refractivity contribution in [3.63, 3.8) is 0 Å². The number of nitrogens with one attached hydrogen (secondary N) is 1. The lowest BCUT2D eigenvalue weighted by Gasteiger charge is -2.46. The van der Waals surface area contributed by atoms with E-state index in [9.17, 15) is 14.7 Å². The van der Waals surface area contributed by atoms with E-state index in [0.29, 0.717) is 18.7 Å². The zero-order valence-corrected chi connectivity index (χ0v) is 14.9. The highest BCUT2D eigenvalue weighted by atomic mass is 16.4. The summed E-state index contributed by atoms with van der Waals surface area (Å²) in [5, 5.41) is 19.1. The van der Waals surface area contributed by atoms with Crippen molar-refractivity contribution in [2.45, 2.75) is 63.1 Å². The molecule has 2 fully saturated rings. The second kappa shape index (κ2) is 6.74. The van der Waals surface area contributed by atoms with Gasteiger partial charge in [0.1, 0.15) is 0 Å². The van der Waals surface area contributed by atoms with Gasteiger partial charge in [0.15, 0.2) is 5.71 Å². The Kier molecular flexibility index (Phi) is 4.42. The summed E-state index contributed by atoms with van der Waals surface area (Å²) in [5.74, 6) is -0.877. The van der Waals surface area contributed by atoms with Gasteiger partial charge in [-0.15, -0.1) is 0 Å². The first-order valence-electron chi connectivity index (χ1n) is 9.52. The average molecular weight is 355 g/mol. The first kappa shape index (κ1) is 17.1. The molecule has 3 atom stereocenters. The zero-order valence-electron chi connectivity index (χ0n) is 14.9. The maximum atomic E-state index is 12.5. The third kappa shape index (κ3) is 2.87. The number of carbonyl (C=O) groups excluding carboxylic acids is 1. The number of hydrogen-bond acceptors (Lipinski definition) is 4. The van der Waals surface area contributed by atoms with Crippen LogP contribution in [-0.4, -0.2) is 39.3 Å². The highest BCUT2D eigenvalue weighted by Crippen LogP contribution is 2.52. The van der Waals surface area contributed by atoms with Crippen LogP contribution in [0.15, 0.2) is 35.4 Å². The molecule has 1 aromatic carbocycles. The Labute approximate surface area is 153 Å². The Hall–Kier alpha value is -2.37. The molecule has 1 amide bonds. The van der Waals surface area contributed by atoms with Gasteiger partial charge in [-0.2, -0.15) is 5.10 Å². The third-order valence-electron chi connectivity index (χ3n) is 6.22. The van der Waals surface area contributed by atoms with Crippen molar-refractivity contribution in [2.75, 3.05) is 0 Å². The summed E-state index contributed by atoms with van der Waals surface area (Å²) in [5.41, 5.74) is 1.22. The molecule has 3 aliphatic rings. The Bertz CT molecular complexity index is 733. The molecular weight excluding hydrogens is 330 g/mol. The maximum absolute atomic E-state index is 12.5. The minimum atomic E-state index is -0.905. The standard InChI is InChI=1S/C20H25N3O3/c24-17(21-13-14-6-2-1-3-7-14)12-15-8-4-10-20-11-5-9-16(20)18(19(25)26)22-23(15)20/h1-3,6-7,15-16H,4-5,8-13H2,(H,21,24)(H,25,26)/t15-,16+,20+/m0/s1. The molecule has 26 heavy (non-hydrogen) atoms. The third-order valence-corrected chi connectivity index (χ3v) is 6.22. The summed E-state index contributed by atoms with van der Waals surface area (Å²) in [6, 6.07) is 9.84. The molecule has 6 nitrogen and oxygen atoms in total. The molecule has 2 heterocycles. The Balaban J connectivity index is 1.45. The zero-order chi connectivity index (χ0) is 18.1. The summed E-state index contributed by atoms with van der Waals surface area (Å²) in [4.78, 5) is 24.1. The fraction of sp³-hybridized carbons (Fsp3) is 0.550. The lowest BCUT2D eigenvalue weighted by atomic mass is 9.76. The number of nitrogens with zero attached hydrogens (tertiary/aromatic N) is 2. The van der Waals surface area contributed by atoms with E-state index in [1.165, 1.54) is 0 Å². The van der Waals surface area contributed by atoms with Gasteiger partial charge in [0, 0.05) is 18.9 Å². The predicted molar refractivity (Wildman–Crippen MR) is 97.5 cm³/mol. The molecule has 6 heteroatoms. The van der Waals surface area contributed by atoms with Crippen molar-refractivity contribution in [3.8, 4) is 0 Å². The van der Waals surface area contributed by atoms with E-state index < -0.39 is 5.97 Å². The van der Waals surface area contributed by atoms with Gasteiger partial charge in [-0.3, -0.25) is 9.80 Å². The largest absolute Gasteiger partial charge is 0.477 e. The molecule has 1 saturated carbocycles. The number of carboxylic acid groups (broad SMARTS) is 1. The molecule has 138 valence electrons. The van der Waals surface area contributed by atoms with Gasteiger partial charge in [0.2, 0.25) is 5.91 Å². The van der Waals surface area contributed by atoms with Crippen molar-refractivity contribution in [1.82, 2.24) is 10.3 Å². The van der Waals surface area contributed by atoms with Crippen LogP contribution in [-0.2, 0) is 16.1 Å². The summed E-state index contributed by atoms with van der Waals surface area (Å²) >= 11 is 0. The number of hydrogen-bond donors (Lipinski definition) is 2. The smallest absolute Gasteiger partial charge is 0.352 e. The van der Waals surface area contributed by atoms with Crippen LogP contribution in [0.1, 0.15) is 50.5 Å². The highest BCUT2D eigenvalue weighted by Gasteiger charge is 2.58. The fourth-order valence-electron chi connectivity index (χ4n) is 5.09. The van der Waals surface area contributed by atoms with Crippen LogP contribution < -0.4 is 5.32 Å². The molecule has 1 aliphatic carbocycles. The molecule has 0 aromatic heterocycles. The summed E-state index contributed by atoms with van der Waals surface area (Å²) in [6.07, 6.45) is 6.21. The van der Waals surface area contributed by atoms with Crippen molar-refractivity contribution in [3.05, 3.63) is 35.9 Å². The van der Waals surface area contributed by atoms with E-state index >= 15 is 0 Å². The van der Waals surface area contributed by atoms with Gasteiger partial charge in [-0.25, -0.2) is 4.79 Å². The van der Waals surface area contributed by atoms with E-state index in [1.807, 2.05) is 35.3 Å². The minimum Gasteiger partial charge on any atom is -0.477 e. The quantitative estimate of drug-likeness (QED) is 0.850. The molecule has 0 bridgehead atoms. The van der Waals surface area contributed by atoms with E-state index in [0.717, 1.165) is 44.1 Å². The molecule has 2 N–H and O–H groups in total. The van der Waals surface area contributed by atoms with Gasteiger partial charge < -0.3 is 10.4 Å². The van der Waals surface area contributed by atoms with Gasteiger partial charge in [-0.05, 0) is 37.7 Å². The van der Waals surface area contributed by atoms with Crippen LogP contribution in [0.3, 0.4) is 0 Å². The SMILES string of the molecule is O=C(C[C@@H]1CCC[C@@]23CCC[C@@H]2C(C(=O)O)=NN13)NCc1ccccc1. The second-order valence-electron chi connectivity index (χ2n) is 7.70. The van der Waals surface area contributed by atoms with Crippen LogP contribution in [0.25, 0.3) is 0 Å². The van der Waals surface area contributed by atoms with Crippen LogP contribution in [0.5, 0.6) is 0 Å². The number of rotatable bonds is 5. The van der Waals surface area contributed by atoms with Crippen LogP contribution in [0.2, 0.25) is 0 Å². The average Bonchev–Trinajstić information content (AvgIpc) is 3.17. The number of aliphatic carboxylic acids is 1. The fourth-order valence-corrected chi connectivity index (χ4v) is 5.09. The van der Waals surface area contributed by atoms with Crippen molar-refractivity contribution in [2.24, 2.45) is 11.0 Å². The van der Waals surface area contributed by atoms with Gasteiger partial charge in [-0.1, -0.05) is 36.8 Å². The van der Waals surface area contributed by atoms with Crippen LogP contribution in [0, 0.1) is 5.92 Å². The van der Waals surface area contributed by atoms with Crippen LogP contribution in [0.4, 0.5) is 0 Å². The van der Waals surface area contributed by atoms with Gasteiger partial charge >= 0.3 is 5.97 Å². The molecule has 1 saturated heterocycles. The Morgan fingerprint density at radius 2 is 1.92 bits per heavy atom.